The van der Waals surface area contributed by atoms with Crippen molar-refractivity contribution in [2.75, 3.05) is 7.11 Å². The summed E-state index contributed by atoms with van der Waals surface area (Å²) >= 11 is 13.1. The molecule has 0 fully saturated rings. The quantitative estimate of drug-likeness (QED) is 0.482. The number of halogens is 2. The first kappa shape index (κ1) is 14.4. The maximum absolute atomic E-state index is 6.54. The highest BCUT2D eigenvalue weighted by atomic mass is 35.5. The molecule has 0 saturated carbocycles. The van der Waals surface area contributed by atoms with Gasteiger partial charge in [0.2, 0.25) is 5.88 Å². The van der Waals surface area contributed by atoms with E-state index in [1.165, 1.54) is 0 Å². The highest BCUT2D eigenvalue weighted by Gasteiger charge is 2.21. The van der Waals surface area contributed by atoms with Gasteiger partial charge in [-0.1, -0.05) is 71.7 Å². The molecule has 0 bridgehead atoms. The average molecular weight is 343 g/mol. The standard InChI is InChI=1S/C18H12Cl2N2O/c1-23-18-13-10-6-5-9-12(13)17-15(20)14(19)16(22(17)21-18)11-7-3-2-4-8-11/h2-10H,1H3. The molecule has 2 heterocycles. The summed E-state index contributed by atoms with van der Waals surface area (Å²) in [5.41, 5.74) is 2.49. The van der Waals surface area contributed by atoms with Crippen LogP contribution in [-0.2, 0) is 0 Å². The van der Waals surface area contributed by atoms with E-state index in [1.54, 1.807) is 11.6 Å². The number of fused-ring (bicyclic) bond motifs is 3. The molecule has 2 aromatic heterocycles. The smallest absolute Gasteiger partial charge is 0.239 e. The molecule has 23 heavy (non-hydrogen) atoms. The molecule has 4 aromatic rings. The lowest BCUT2D eigenvalue weighted by molar-refractivity contribution is 0.396. The molecule has 114 valence electrons. The Balaban J connectivity index is 2.22. The Morgan fingerprint density at radius 1 is 0.870 bits per heavy atom. The predicted octanol–water partition coefficient (Wildman–Crippen LogP) is 5.47. The highest BCUT2D eigenvalue weighted by molar-refractivity contribution is 6.47. The van der Waals surface area contributed by atoms with Crippen LogP contribution in [0.5, 0.6) is 5.88 Å². The van der Waals surface area contributed by atoms with E-state index in [4.69, 9.17) is 27.9 Å². The van der Waals surface area contributed by atoms with Gasteiger partial charge in [-0.3, -0.25) is 0 Å². The summed E-state index contributed by atoms with van der Waals surface area (Å²) in [5.74, 6) is 0.536. The molecule has 0 radical (unpaired) electrons. The molecule has 0 aliphatic heterocycles. The molecule has 2 aromatic carbocycles. The van der Waals surface area contributed by atoms with Crippen LogP contribution in [0.3, 0.4) is 0 Å². The summed E-state index contributed by atoms with van der Waals surface area (Å²) in [6.07, 6.45) is 0. The Hall–Kier alpha value is -2.23. The van der Waals surface area contributed by atoms with Crippen molar-refractivity contribution >= 4 is 39.5 Å². The van der Waals surface area contributed by atoms with Gasteiger partial charge in [0.25, 0.3) is 0 Å². The van der Waals surface area contributed by atoms with E-state index in [1.807, 2.05) is 54.6 Å². The van der Waals surface area contributed by atoms with Gasteiger partial charge in [-0.15, -0.1) is 5.10 Å². The van der Waals surface area contributed by atoms with Crippen LogP contribution in [0.25, 0.3) is 27.5 Å². The van der Waals surface area contributed by atoms with E-state index in [-0.39, 0.29) is 0 Å². The van der Waals surface area contributed by atoms with E-state index < -0.39 is 0 Å². The number of methoxy groups -OCH3 is 1. The molecule has 3 nitrogen and oxygen atoms in total. The topological polar surface area (TPSA) is 26.5 Å². The van der Waals surface area contributed by atoms with Crippen LogP contribution in [-0.4, -0.2) is 16.7 Å². The molecule has 0 aliphatic rings. The molecule has 5 heteroatoms. The number of hydrogen-bond donors (Lipinski definition) is 0. The first-order valence-electron chi connectivity index (χ1n) is 7.10. The number of benzene rings is 2. The maximum atomic E-state index is 6.54. The summed E-state index contributed by atoms with van der Waals surface area (Å²) in [6.45, 7) is 0. The third-order valence-electron chi connectivity index (χ3n) is 3.88. The fourth-order valence-electron chi connectivity index (χ4n) is 2.85. The van der Waals surface area contributed by atoms with Gasteiger partial charge in [0.15, 0.2) is 0 Å². The average Bonchev–Trinajstić information content (AvgIpc) is 2.86. The number of rotatable bonds is 2. The lowest BCUT2D eigenvalue weighted by atomic mass is 10.1. The Morgan fingerprint density at radius 2 is 1.52 bits per heavy atom. The van der Waals surface area contributed by atoms with Crippen molar-refractivity contribution in [1.29, 1.82) is 0 Å². The molecular weight excluding hydrogens is 331 g/mol. The molecule has 0 N–H and O–H groups in total. The summed E-state index contributed by atoms with van der Waals surface area (Å²) in [7, 11) is 1.61. The highest BCUT2D eigenvalue weighted by Crippen LogP contribution is 2.42. The van der Waals surface area contributed by atoms with Crippen molar-refractivity contribution in [1.82, 2.24) is 9.61 Å². The number of ether oxygens (including phenoxy) is 1. The monoisotopic (exact) mass is 342 g/mol. The first-order valence-corrected chi connectivity index (χ1v) is 7.86. The summed E-state index contributed by atoms with van der Waals surface area (Å²) < 4.78 is 7.22. The van der Waals surface area contributed by atoms with E-state index in [9.17, 15) is 0 Å². The molecule has 0 spiro atoms. The van der Waals surface area contributed by atoms with Crippen LogP contribution < -0.4 is 4.74 Å². The third-order valence-corrected chi connectivity index (χ3v) is 4.71. The van der Waals surface area contributed by atoms with Crippen LogP contribution in [0.2, 0.25) is 10.0 Å². The van der Waals surface area contributed by atoms with Gasteiger partial charge in [-0.25, -0.2) is 4.52 Å². The van der Waals surface area contributed by atoms with Gasteiger partial charge in [-0.05, 0) is 6.07 Å². The van der Waals surface area contributed by atoms with Crippen molar-refractivity contribution in [2.45, 2.75) is 0 Å². The zero-order valence-electron chi connectivity index (χ0n) is 12.3. The minimum absolute atomic E-state index is 0.490. The summed E-state index contributed by atoms with van der Waals surface area (Å²) in [6, 6.07) is 17.7. The normalized spacial score (nSPS) is 11.3. The zero-order chi connectivity index (χ0) is 16.0. The van der Waals surface area contributed by atoms with Gasteiger partial charge in [0, 0.05) is 16.3 Å². The van der Waals surface area contributed by atoms with Gasteiger partial charge in [0.1, 0.15) is 0 Å². The lowest BCUT2D eigenvalue weighted by Crippen LogP contribution is -1.99. The van der Waals surface area contributed by atoms with Crippen LogP contribution in [0.1, 0.15) is 0 Å². The molecule has 4 rings (SSSR count). The fourth-order valence-corrected chi connectivity index (χ4v) is 3.40. The minimum Gasteiger partial charge on any atom is -0.480 e. The zero-order valence-corrected chi connectivity index (χ0v) is 13.8. The number of nitrogens with zero attached hydrogens (tertiary/aromatic N) is 2. The van der Waals surface area contributed by atoms with Gasteiger partial charge < -0.3 is 4.74 Å². The Kier molecular flexibility index (Phi) is 3.40. The van der Waals surface area contributed by atoms with Gasteiger partial charge >= 0.3 is 0 Å². The molecule has 0 unspecified atom stereocenters. The number of hydrogen-bond acceptors (Lipinski definition) is 2. The van der Waals surface area contributed by atoms with Gasteiger partial charge in [-0.2, -0.15) is 0 Å². The van der Waals surface area contributed by atoms with Crippen molar-refractivity contribution in [3.05, 3.63) is 64.6 Å². The van der Waals surface area contributed by atoms with Crippen molar-refractivity contribution in [3.63, 3.8) is 0 Å². The minimum atomic E-state index is 0.490. The lowest BCUT2D eigenvalue weighted by Gasteiger charge is -2.09. The second-order valence-corrected chi connectivity index (χ2v) is 5.91. The van der Waals surface area contributed by atoms with Crippen LogP contribution in [0, 0.1) is 0 Å². The Morgan fingerprint density at radius 3 is 2.22 bits per heavy atom. The third kappa shape index (κ3) is 2.08. The first-order chi connectivity index (χ1) is 11.2. The Bertz CT molecular complexity index is 1030. The van der Waals surface area contributed by atoms with Crippen molar-refractivity contribution in [3.8, 4) is 17.1 Å². The fraction of sp³-hybridized carbons (Fsp3) is 0.0556. The van der Waals surface area contributed by atoms with E-state index in [0.29, 0.717) is 15.9 Å². The SMILES string of the molecule is COc1nn2c(-c3ccccc3)c(Cl)c(Cl)c2c2ccccc12. The van der Waals surface area contributed by atoms with E-state index >= 15 is 0 Å². The van der Waals surface area contributed by atoms with E-state index in [2.05, 4.69) is 5.10 Å². The maximum Gasteiger partial charge on any atom is 0.239 e. The molecule has 0 amide bonds. The molecular formula is C18H12Cl2N2O. The number of aromatic nitrogens is 2. The molecule has 0 aliphatic carbocycles. The van der Waals surface area contributed by atoms with E-state index in [0.717, 1.165) is 27.5 Å². The van der Waals surface area contributed by atoms with Crippen LogP contribution >= 0.6 is 23.2 Å². The largest absolute Gasteiger partial charge is 0.480 e. The predicted molar refractivity (Wildman–Crippen MR) is 94.7 cm³/mol. The molecule has 0 atom stereocenters. The summed E-state index contributed by atoms with van der Waals surface area (Å²) in [4.78, 5) is 0. The van der Waals surface area contributed by atoms with Gasteiger partial charge in [0.05, 0.1) is 28.4 Å². The second-order valence-electron chi connectivity index (χ2n) is 5.16. The van der Waals surface area contributed by atoms with Crippen molar-refractivity contribution in [2.24, 2.45) is 0 Å². The van der Waals surface area contributed by atoms with Crippen molar-refractivity contribution < 1.29 is 4.74 Å². The second kappa shape index (κ2) is 5.44. The van der Waals surface area contributed by atoms with Crippen LogP contribution in [0.15, 0.2) is 54.6 Å². The van der Waals surface area contributed by atoms with Crippen LogP contribution in [0.4, 0.5) is 0 Å². The Labute approximate surface area is 143 Å². The molecule has 0 saturated heterocycles. The summed E-state index contributed by atoms with van der Waals surface area (Å²) in [5, 5.41) is 7.45.